The summed E-state index contributed by atoms with van der Waals surface area (Å²) in [5, 5.41) is 26.1. The van der Waals surface area contributed by atoms with Crippen molar-refractivity contribution in [3.63, 3.8) is 0 Å². The lowest BCUT2D eigenvalue weighted by molar-refractivity contribution is -0.141. The van der Waals surface area contributed by atoms with E-state index in [1.165, 1.54) is 6.92 Å². The summed E-state index contributed by atoms with van der Waals surface area (Å²) < 4.78 is 0. The van der Waals surface area contributed by atoms with Crippen LogP contribution in [-0.2, 0) is 25.6 Å². The maximum absolute atomic E-state index is 12.5. The smallest absolute Gasteiger partial charge is 0.326 e. The molecule has 172 valence electrons. The van der Waals surface area contributed by atoms with Crippen LogP contribution in [0.4, 0.5) is 0 Å². The lowest BCUT2D eigenvalue weighted by atomic mass is 10.0. The highest BCUT2D eigenvalue weighted by Gasteiger charge is 2.27. The first-order valence-corrected chi connectivity index (χ1v) is 10.1. The number of hydrogen-bond donors (Lipinski definition) is 6. The lowest BCUT2D eigenvalue weighted by Gasteiger charge is -2.23. The molecule has 0 fully saturated rings. The van der Waals surface area contributed by atoms with Crippen molar-refractivity contribution in [3.05, 3.63) is 35.9 Å². The molecule has 0 saturated heterocycles. The molecule has 4 atom stereocenters. The maximum Gasteiger partial charge on any atom is 0.326 e. The number of aliphatic carboxylic acids is 1. The van der Waals surface area contributed by atoms with Gasteiger partial charge in [-0.25, -0.2) is 4.79 Å². The topological polar surface area (TPSA) is 171 Å². The summed E-state index contributed by atoms with van der Waals surface area (Å²) in [5.74, 6) is -3.11. The van der Waals surface area contributed by atoms with Crippen LogP contribution in [0.25, 0.3) is 0 Å². The zero-order valence-corrected chi connectivity index (χ0v) is 18.0. The molecule has 0 aliphatic rings. The van der Waals surface area contributed by atoms with Gasteiger partial charge in [0.05, 0.1) is 12.6 Å². The summed E-state index contributed by atoms with van der Waals surface area (Å²) >= 11 is 0. The second-order valence-corrected chi connectivity index (χ2v) is 7.82. The average molecular weight is 437 g/mol. The molecule has 7 N–H and O–H groups in total. The monoisotopic (exact) mass is 436 g/mol. The zero-order valence-electron chi connectivity index (χ0n) is 18.0. The van der Waals surface area contributed by atoms with E-state index in [9.17, 15) is 29.4 Å². The van der Waals surface area contributed by atoms with Crippen LogP contribution < -0.4 is 21.7 Å². The zero-order chi connectivity index (χ0) is 23.6. The Hall–Kier alpha value is -2.98. The van der Waals surface area contributed by atoms with Gasteiger partial charge in [-0.3, -0.25) is 14.4 Å². The van der Waals surface area contributed by atoms with Crippen molar-refractivity contribution in [1.29, 1.82) is 0 Å². The van der Waals surface area contributed by atoms with Gasteiger partial charge in [-0.1, -0.05) is 44.2 Å². The third-order valence-corrected chi connectivity index (χ3v) is 4.50. The van der Waals surface area contributed by atoms with Gasteiger partial charge in [0, 0.05) is 6.42 Å². The number of benzene rings is 1. The molecule has 10 nitrogen and oxygen atoms in total. The number of aliphatic hydroxyl groups is 1. The van der Waals surface area contributed by atoms with Crippen molar-refractivity contribution in [2.45, 2.75) is 57.8 Å². The molecule has 31 heavy (non-hydrogen) atoms. The van der Waals surface area contributed by atoms with Gasteiger partial charge in [0.25, 0.3) is 0 Å². The van der Waals surface area contributed by atoms with Crippen molar-refractivity contribution in [1.82, 2.24) is 16.0 Å². The summed E-state index contributed by atoms with van der Waals surface area (Å²) in [4.78, 5) is 48.2. The van der Waals surface area contributed by atoms with Crippen molar-refractivity contribution < 1.29 is 29.4 Å². The van der Waals surface area contributed by atoms with Crippen molar-refractivity contribution in [2.75, 3.05) is 6.54 Å². The van der Waals surface area contributed by atoms with Gasteiger partial charge < -0.3 is 31.9 Å². The van der Waals surface area contributed by atoms with E-state index < -0.39 is 54.5 Å². The van der Waals surface area contributed by atoms with E-state index in [1.54, 1.807) is 30.3 Å². The normalized spacial score (nSPS) is 14.8. The van der Waals surface area contributed by atoms with E-state index in [0.717, 1.165) is 5.56 Å². The van der Waals surface area contributed by atoms with E-state index in [1.807, 2.05) is 13.8 Å². The SMILES string of the molecule is CC(C)CC(NC(=O)C(N)C(C)O)C(=O)NCC(=O)NC(Cc1ccccc1)C(=O)O. The molecular weight excluding hydrogens is 404 g/mol. The fraction of sp³-hybridized carbons (Fsp3) is 0.524. The molecule has 0 radical (unpaired) electrons. The molecular formula is C21H32N4O6. The van der Waals surface area contributed by atoms with Gasteiger partial charge in [0.1, 0.15) is 18.1 Å². The molecule has 0 heterocycles. The number of carboxylic acids is 1. The van der Waals surface area contributed by atoms with Crippen LogP contribution in [0.3, 0.4) is 0 Å². The Morgan fingerprint density at radius 2 is 1.58 bits per heavy atom. The predicted octanol–water partition coefficient (Wildman–Crippen LogP) is -0.846. The van der Waals surface area contributed by atoms with Crippen LogP contribution in [0.15, 0.2) is 30.3 Å². The summed E-state index contributed by atoms with van der Waals surface area (Å²) in [6, 6.07) is 5.54. The molecule has 1 aromatic rings. The number of carboxylic acid groups (broad SMARTS) is 1. The Morgan fingerprint density at radius 3 is 2.10 bits per heavy atom. The van der Waals surface area contributed by atoms with Gasteiger partial charge >= 0.3 is 5.97 Å². The number of rotatable bonds is 12. The number of aliphatic hydroxyl groups excluding tert-OH is 1. The van der Waals surface area contributed by atoms with Gasteiger partial charge in [-0.2, -0.15) is 0 Å². The maximum atomic E-state index is 12.5. The Bertz CT molecular complexity index is 753. The van der Waals surface area contributed by atoms with Gasteiger partial charge in [0.2, 0.25) is 17.7 Å². The lowest BCUT2D eigenvalue weighted by Crippen LogP contribution is -2.55. The molecule has 0 aliphatic heterocycles. The minimum atomic E-state index is -1.19. The Morgan fingerprint density at radius 1 is 0.968 bits per heavy atom. The van der Waals surface area contributed by atoms with Crippen LogP contribution in [0, 0.1) is 5.92 Å². The molecule has 3 amide bonds. The minimum Gasteiger partial charge on any atom is -0.480 e. The van der Waals surface area contributed by atoms with Crippen molar-refractivity contribution in [2.24, 2.45) is 11.7 Å². The van der Waals surface area contributed by atoms with E-state index in [-0.39, 0.29) is 18.8 Å². The van der Waals surface area contributed by atoms with Crippen LogP contribution in [0.5, 0.6) is 0 Å². The summed E-state index contributed by atoms with van der Waals surface area (Å²) in [7, 11) is 0. The summed E-state index contributed by atoms with van der Waals surface area (Å²) in [6.45, 7) is 4.62. The predicted molar refractivity (Wildman–Crippen MR) is 114 cm³/mol. The molecule has 0 bridgehead atoms. The van der Waals surface area contributed by atoms with E-state index in [4.69, 9.17) is 5.73 Å². The number of carbonyl (C=O) groups is 4. The van der Waals surface area contributed by atoms with Crippen LogP contribution in [-0.4, -0.2) is 64.7 Å². The molecule has 10 heteroatoms. The Kier molecular flexibility index (Phi) is 10.6. The number of carbonyl (C=O) groups excluding carboxylic acids is 3. The van der Waals surface area contributed by atoms with Gasteiger partial charge in [-0.05, 0) is 24.8 Å². The van der Waals surface area contributed by atoms with Crippen LogP contribution >= 0.6 is 0 Å². The number of amides is 3. The average Bonchev–Trinajstić information content (AvgIpc) is 2.70. The largest absolute Gasteiger partial charge is 0.480 e. The van der Waals surface area contributed by atoms with E-state index >= 15 is 0 Å². The standard InChI is InChI=1S/C21H32N4O6/c1-12(2)9-15(25-20(29)18(22)13(3)26)19(28)23-11-17(27)24-16(21(30)31)10-14-7-5-4-6-8-14/h4-8,12-13,15-16,18,26H,9-11,22H2,1-3H3,(H,23,28)(H,24,27)(H,25,29)(H,30,31). The first-order valence-electron chi connectivity index (χ1n) is 10.1. The van der Waals surface area contributed by atoms with Crippen molar-refractivity contribution >= 4 is 23.7 Å². The van der Waals surface area contributed by atoms with Gasteiger partial charge in [-0.15, -0.1) is 0 Å². The number of hydrogen-bond acceptors (Lipinski definition) is 6. The summed E-state index contributed by atoms with van der Waals surface area (Å²) in [6.07, 6.45) is -0.706. The highest BCUT2D eigenvalue weighted by molar-refractivity contribution is 5.92. The van der Waals surface area contributed by atoms with Gasteiger partial charge in [0.15, 0.2) is 0 Å². The second-order valence-electron chi connectivity index (χ2n) is 7.82. The highest BCUT2D eigenvalue weighted by Crippen LogP contribution is 2.06. The molecule has 1 aromatic carbocycles. The quantitative estimate of drug-likeness (QED) is 0.248. The Balaban J connectivity index is 2.66. The molecule has 0 aliphatic carbocycles. The molecule has 0 aromatic heterocycles. The molecule has 4 unspecified atom stereocenters. The fourth-order valence-electron chi connectivity index (χ4n) is 2.78. The molecule has 0 spiro atoms. The van der Waals surface area contributed by atoms with Crippen LogP contribution in [0.2, 0.25) is 0 Å². The van der Waals surface area contributed by atoms with Crippen LogP contribution in [0.1, 0.15) is 32.8 Å². The highest BCUT2D eigenvalue weighted by atomic mass is 16.4. The molecule has 0 saturated carbocycles. The minimum absolute atomic E-state index is 0.0508. The van der Waals surface area contributed by atoms with E-state index in [2.05, 4.69) is 16.0 Å². The first kappa shape index (κ1) is 26.1. The summed E-state index contributed by atoms with van der Waals surface area (Å²) in [5.41, 5.74) is 6.34. The Labute approximate surface area is 181 Å². The van der Waals surface area contributed by atoms with Crippen molar-refractivity contribution in [3.8, 4) is 0 Å². The number of nitrogens with two attached hydrogens (primary N) is 1. The first-order chi connectivity index (χ1) is 14.5. The molecule has 1 rings (SSSR count). The third-order valence-electron chi connectivity index (χ3n) is 4.50. The number of nitrogens with one attached hydrogen (secondary N) is 3. The fourth-order valence-corrected chi connectivity index (χ4v) is 2.78. The third kappa shape index (κ3) is 9.58. The van der Waals surface area contributed by atoms with E-state index in [0.29, 0.717) is 0 Å². The second kappa shape index (κ2) is 12.7.